The minimum atomic E-state index is -0.708. The number of piperazine rings is 1. The zero-order chi connectivity index (χ0) is 17.6. The molecule has 8 heteroatoms. The van der Waals surface area contributed by atoms with Crippen LogP contribution in [-0.2, 0) is 0 Å². The van der Waals surface area contributed by atoms with Crippen LogP contribution >= 0.6 is 11.6 Å². The zero-order valence-electron chi connectivity index (χ0n) is 14.3. The van der Waals surface area contributed by atoms with Gasteiger partial charge >= 0.3 is 0 Å². The lowest BCUT2D eigenvalue weighted by molar-refractivity contribution is -0.000635. The first-order valence-corrected chi connectivity index (χ1v) is 9.13. The van der Waals surface area contributed by atoms with Crippen LogP contribution in [0.2, 0.25) is 5.28 Å². The Morgan fingerprint density at radius 1 is 1.40 bits per heavy atom. The summed E-state index contributed by atoms with van der Waals surface area (Å²) in [6.45, 7) is 6.66. The number of nitriles is 1. The van der Waals surface area contributed by atoms with Crippen molar-refractivity contribution in [2.24, 2.45) is 0 Å². The molecular formula is C17H22ClFN6. The third kappa shape index (κ3) is 2.97. The molecule has 0 amide bonds. The number of aryl methyl sites for hydroxylation is 1. The van der Waals surface area contributed by atoms with Crippen LogP contribution in [0.3, 0.4) is 0 Å². The number of nitrogens with zero attached hydrogens (tertiary/aromatic N) is 6. The summed E-state index contributed by atoms with van der Waals surface area (Å²) in [5.74, 6) is 0.844. The Bertz CT molecular complexity index is 701. The summed E-state index contributed by atoms with van der Waals surface area (Å²) < 4.78 is 13.7. The lowest BCUT2D eigenvalue weighted by Gasteiger charge is -2.58. The molecule has 4 heterocycles. The molecule has 4 rings (SSSR count). The van der Waals surface area contributed by atoms with Crippen molar-refractivity contribution in [2.45, 2.75) is 37.5 Å². The minimum absolute atomic E-state index is 0.168. The average Bonchev–Trinajstić information content (AvgIpc) is 2.92. The number of alkyl halides is 1. The van der Waals surface area contributed by atoms with Gasteiger partial charge in [0.05, 0.1) is 18.0 Å². The molecule has 3 aliphatic heterocycles. The first kappa shape index (κ1) is 17.0. The molecule has 1 aromatic rings. The van der Waals surface area contributed by atoms with Crippen LogP contribution in [0.4, 0.5) is 10.2 Å². The normalized spacial score (nSPS) is 29.1. The second-order valence-corrected chi connectivity index (χ2v) is 7.83. The molecule has 0 saturated carbocycles. The molecular weight excluding hydrogens is 343 g/mol. The maximum Gasteiger partial charge on any atom is 0.224 e. The van der Waals surface area contributed by atoms with Crippen molar-refractivity contribution in [3.05, 3.63) is 17.0 Å². The largest absolute Gasteiger partial charge is 0.352 e. The van der Waals surface area contributed by atoms with Crippen LogP contribution in [-0.4, -0.2) is 76.8 Å². The molecule has 0 aliphatic carbocycles. The number of hydrogen-bond donors (Lipinski definition) is 0. The van der Waals surface area contributed by atoms with Gasteiger partial charge in [0, 0.05) is 57.1 Å². The van der Waals surface area contributed by atoms with Crippen molar-refractivity contribution in [2.75, 3.05) is 44.2 Å². The highest BCUT2D eigenvalue weighted by atomic mass is 35.5. The van der Waals surface area contributed by atoms with E-state index in [2.05, 4.69) is 30.7 Å². The van der Waals surface area contributed by atoms with E-state index >= 15 is 0 Å². The predicted octanol–water partition coefficient (Wildman–Crippen LogP) is 1.64. The first-order chi connectivity index (χ1) is 12.0. The third-order valence-corrected chi connectivity index (χ3v) is 6.01. The highest BCUT2D eigenvalue weighted by Gasteiger charge is 2.51. The van der Waals surface area contributed by atoms with Crippen LogP contribution in [0, 0.1) is 18.3 Å². The monoisotopic (exact) mass is 364 g/mol. The molecule has 25 heavy (non-hydrogen) atoms. The zero-order valence-corrected chi connectivity index (χ0v) is 15.1. The molecule has 2 unspecified atom stereocenters. The summed E-state index contributed by atoms with van der Waals surface area (Å²) >= 11 is 5.94. The molecule has 0 N–H and O–H groups in total. The lowest BCUT2D eigenvalue weighted by Crippen LogP contribution is -2.73. The summed E-state index contributed by atoms with van der Waals surface area (Å²) in [7, 11) is 0. The number of aromatic nitrogens is 2. The topological polar surface area (TPSA) is 59.3 Å². The SMILES string of the molecule is Cc1cnc(Cl)nc1N1CC(CC#N)(N2CCN3CC(F)CC3C2)C1. The van der Waals surface area contributed by atoms with Crippen LogP contribution in [0.15, 0.2) is 6.20 Å². The third-order valence-electron chi connectivity index (χ3n) is 5.83. The van der Waals surface area contributed by atoms with Gasteiger partial charge in [0.15, 0.2) is 0 Å². The van der Waals surface area contributed by atoms with Crippen molar-refractivity contribution in [1.82, 2.24) is 19.8 Å². The van der Waals surface area contributed by atoms with Gasteiger partial charge < -0.3 is 4.90 Å². The molecule has 1 aromatic heterocycles. The Kier molecular flexibility index (Phi) is 4.30. The van der Waals surface area contributed by atoms with Gasteiger partial charge in [-0.2, -0.15) is 5.26 Å². The number of hydrogen-bond acceptors (Lipinski definition) is 6. The van der Waals surface area contributed by atoms with E-state index in [1.807, 2.05) is 6.92 Å². The smallest absolute Gasteiger partial charge is 0.224 e. The summed E-state index contributed by atoms with van der Waals surface area (Å²) in [4.78, 5) is 15.2. The van der Waals surface area contributed by atoms with E-state index in [9.17, 15) is 9.65 Å². The van der Waals surface area contributed by atoms with E-state index in [4.69, 9.17) is 11.6 Å². The van der Waals surface area contributed by atoms with Gasteiger partial charge in [-0.3, -0.25) is 9.80 Å². The highest BCUT2D eigenvalue weighted by molar-refractivity contribution is 6.28. The highest BCUT2D eigenvalue weighted by Crippen LogP contribution is 2.38. The summed E-state index contributed by atoms with van der Waals surface area (Å²) in [6, 6.07) is 2.64. The fraction of sp³-hybridized carbons (Fsp3) is 0.706. The molecule has 0 bridgehead atoms. The van der Waals surface area contributed by atoms with Gasteiger partial charge in [-0.1, -0.05) is 0 Å². The maximum absolute atomic E-state index is 13.7. The standard InChI is InChI=1S/C17H22ClFN6/c1-12-7-21-16(18)22-15(12)24-10-17(11-24,2-3-20)25-5-4-23-8-13(19)6-14(23)9-25/h7,13-14H,2,4-6,8-11H2,1H3. The second kappa shape index (κ2) is 6.35. The van der Waals surface area contributed by atoms with Gasteiger partial charge in [0.1, 0.15) is 12.0 Å². The maximum atomic E-state index is 13.7. The lowest BCUT2D eigenvalue weighted by atomic mass is 9.83. The number of anilines is 1. The summed E-state index contributed by atoms with van der Waals surface area (Å²) in [6.07, 6.45) is 2.12. The molecule has 3 aliphatic rings. The van der Waals surface area contributed by atoms with Gasteiger partial charge in [0.2, 0.25) is 5.28 Å². The fourth-order valence-electron chi connectivity index (χ4n) is 4.53. The van der Waals surface area contributed by atoms with Crippen molar-refractivity contribution in [1.29, 1.82) is 5.26 Å². The van der Waals surface area contributed by atoms with E-state index < -0.39 is 6.17 Å². The molecule has 0 radical (unpaired) electrons. The fourth-order valence-corrected chi connectivity index (χ4v) is 4.66. The predicted molar refractivity (Wildman–Crippen MR) is 93.4 cm³/mol. The number of fused-ring (bicyclic) bond motifs is 1. The van der Waals surface area contributed by atoms with Crippen molar-refractivity contribution < 1.29 is 4.39 Å². The number of rotatable bonds is 3. The van der Waals surface area contributed by atoms with Crippen molar-refractivity contribution >= 4 is 17.4 Å². The Morgan fingerprint density at radius 2 is 2.20 bits per heavy atom. The molecule has 6 nitrogen and oxygen atoms in total. The molecule has 0 aromatic carbocycles. The van der Waals surface area contributed by atoms with Gasteiger partial charge in [-0.05, 0) is 24.9 Å². The minimum Gasteiger partial charge on any atom is -0.352 e. The van der Waals surface area contributed by atoms with E-state index in [0.717, 1.165) is 44.1 Å². The van der Waals surface area contributed by atoms with Gasteiger partial charge in [-0.25, -0.2) is 14.4 Å². The van der Waals surface area contributed by atoms with Crippen molar-refractivity contribution in [3.8, 4) is 6.07 Å². The molecule has 134 valence electrons. The molecule has 3 fully saturated rings. The Morgan fingerprint density at radius 3 is 2.96 bits per heavy atom. The summed E-state index contributed by atoms with van der Waals surface area (Å²) in [5.41, 5.74) is 0.815. The van der Waals surface area contributed by atoms with Crippen LogP contribution in [0.1, 0.15) is 18.4 Å². The van der Waals surface area contributed by atoms with E-state index in [-0.39, 0.29) is 16.9 Å². The Balaban J connectivity index is 1.49. The van der Waals surface area contributed by atoms with E-state index in [0.29, 0.717) is 19.4 Å². The molecule has 2 atom stereocenters. The van der Waals surface area contributed by atoms with E-state index in [1.165, 1.54) is 0 Å². The molecule has 3 saturated heterocycles. The Hall–Kier alpha value is -1.49. The van der Waals surface area contributed by atoms with Crippen LogP contribution < -0.4 is 4.90 Å². The first-order valence-electron chi connectivity index (χ1n) is 8.75. The van der Waals surface area contributed by atoms with Crippen LogP contribution in [0.25, 0.3) is 0 Å². The second-order valence-electron chi connectivity index (χ2n) is 7.49. The quantitative estimate of drug-likeness (QED) is 0.760. The van der Waals surface area contributed by atoms with E-state index in [1.54, 1.807) is 6.20 Å². The van der Waals surface area contributed by atoms with Crippen molar-refractivity contribution in [3.63, 3.8) is 0 Å². The van der Waals surface area contributed by atoms with Gasteiger partial charge in [-0.15, -0.1) is 0 Å². The summed E-state index contributed by atoms with van der Waals surface area (Å²) in [5, 5.41) is 9.61. The van der Waals surface area contributed by atoms with Crippen LogP contribution in [0.5, 0.6) is 0 Å². The number of halogens is 2. The van der Waals surface area contributed by atoms with Gasteiger partial charge in [0.25, 0.3) is 0 Å². The Labute approximate surface area is 152 Å². The average molecular weight is 365 g/mol. The molecule has 0 spiro atoms.